The number of piperidine rings is 1. The third kappa shape index (κ3) is 3.93. The number of nitrogens with one attached hydrogen (secondary N) is 1. The molecule has 2 aromatic heterocycles. The van der Waals surface area contributed by atoms with E-state index in [0.29, 0.717) is 6.54 Å². The zero-order chi connectivity index (χ0) is 21.3. The number of benzene rings is 1. The average molecular weight is 418 g/mol. The molecule has 2 aliphatic heterocycles. The number of hydrogen-bond acceptors (Lipinski definition) is 5. The first kappa shape index (κ1) is 19.8. The van der Waals surface area contributed by atoms with Crippen LogP contribution >= 0.6 is 0 Å². The zero-order valence-corrected chi connectivity index (χ0v) is 17.8. The lowest BCUT2D eigenvalue weighted by Crippen LogP contribution is -2.47. The SMILES string of the molecule is CC(=O)NCc1ccc(N2CCC3(CC2)OCCc2cn(-c4ccccc4)nc23)nc1. The molecule has 0 aliphatic carbocycles. The van der Waals surface area contributed by atoms with Crippen molar-refractivity contribution in [3.63, 3.8) is 0 Å². The highest BCUT2D eigenvalue weighted by Gasteiger charge is 2.43. The van der Waals surface area contributed by atoms with Gasteiger partial charge in [-0.05, 0) is 48.6 Å². The highest BCUT2D eigenvalue weighted by atomic mass is 16.5. The van der Waals surface area contributed by atoms with Crippen LogP contribution in [0.3, 0.4) is 0 Å². The monoisotopic (exact) mass is 417 g/mol. The summed E-state index contributed by atoms with van der Waals surface area (Å²) < 4.78 is 8.37. The van der Waals surface area contributed by atoms with Crippen LogP contribution in [0.2, 0.25) is 0 Å². The minimum Gasteiger partial charge on any atom is -0.368 e. The summed E-state index contributed by atoms with van der Waals surface area (Å²) in [6, 6.07) is 14.3. The molecule has 1 amide bonds. The van der Waals surface area contributed by atoms with E-state index >= 15 is 0 Å². The van der Waals surface area contributed by atoms with Crippen LogP contribution in [0.1, 0.15) is 36.6 Å². The van der Waals surface area contributed by atoms with E-state index in [9.17, 15) is 4.79 Å². The number of aromatic nitrogens is 3. The van der Waals surface area contributed by atoms with Crippen molar-refractivity contribution in [1.82, 2.24) is 20.1 Å². The van der Waals surface area contributed by atoms with Crippen molar-refractivity contribution in [2.24, 2.45) is 0 Å². The molecule has 7 nitrogen and oxygen atoms in total. The molecule has 1 saturated heterocycles. The van der Waals surface area contributed by atoms with Crippen LogP contribution in [0.15, 0.2) is 54.9 Å². The van der Waals surface area contributed by atoms with Gasteiger partial charge in [0.1, 0.15) is 11.4 Å². The number of carbonyl (C=O) groups excluding carboxylic acids is 1. The van der Waals surface area contributed by atoms with Gasteiger partial charge >= 0.3 is 0 Å². The van der Waals surface area contributed by atoms with Gasteiger partial charge < -0.3 is 15.0 Å². The number of hydrogen-bond donors (Lipinski definition) is 1. The normalized spacial score (nSPS) is 17.4. The summed E-state index contributed by atoms with van der Waals surface area (Å²) in [4.78, 5) is 18.0. The maximum absolute atomic E-state index is 11.1. The Kier molecular flexibility index (Phi) is 5.19. The lowest BCUT2D eigenvalue weighted by atomic mass is 9.84. The number of pyridine rings is 1. The summed E-state index contributed by atoms with van der Waals surface area (Å²) in [7, 11) is 0. The number of nitrogens with zero attached hydrogens (tertiary/aromatic N) is 4. The van der Waals surface area contributed by atoms with Crippen LogP contribution in [0, 0.1) is 0 Å². The highest BCUT2D eigenvalue weighted by molar-refractivity contribution is 5.72. The van der Waals surface area contributed by atoms with Crippen molar-refractivity contribution in [3.05, 3.63) is 71.7 Å². The Hall–Kier alpha value is -3.19. The Morgan fingerprint density at radius 3 is 2.68 bits per heavy atom. The second-order valence-electron chi connectivity index (χ2n) is 8.30. The third-order valence-electron chi connectivity index (χ3n) is 6.24. The molecule has 31 heavy (non-hydrogen) atoms. The van der Waals surface area contributed by atoms with E-state index in [4.69, 9.17) is 9.84 Å². The van der Waals surface area contributed by atoms with Gasteiger partial charge in [-0.1, -0.05) is 24.3 Å². The number of para-hydroxylation sites is 1. The van der Waals surface area contributed by atoms with E-state index in [1.165, 1.54) is 12.5 Å². The van der Waals surface area contributed by atoms with E-state index in [1.54, 1.807) is 0 Å². The molecule has 1 spiro atoms. The molecule has 1 fully saturated rings. The second-order valence-corrected chi connectivity index (χ2v) is 8.30. The summed E-state index contributed by atoms with van der Waals surface area (Å²) in [5.74, 6) is 0.930. The van der Waals surface area contributed by atoms with E-state index in [-0.39, 0.29) is 11.5 Å². The molecule has 0 atom stereocenters. The predicted octanol–water partition coefficient (Wildman–Crippen LogP) is 2.97. The van der Waals surface area contributed by atoms with Gasteiger partial charge in [0.25, 0.3) is 0 Å². The van der Waals surface area contributed by atoms with Gasteiger partial charge in [0.15, 0.2) is 0 Å². The molecule has 0 unspecified atom stereocenters. The van der Waals surface area contributed by atoms with E-state index in [0.717, 1.165) is 61.7 Å². The number of fused-ring (bicyclic) bond motifs is 2. The van der Waals surface area contributed by atoms with Crippen molar-refractivity contribution >= 4 is 11.7 Å². The van der Waals surface area contributed by atoms with Crippen LogP contribution in [0.5, 0.6) is 0 Å². The Balaban J connectivity index is 1.30. The first-order chi connectivity index (χ1) is 15.1. The maximum Gasteiger partial charge on any atom is 0.217 e. The largest absolute Gasteiger partial charge is 0.368 e. The second kappa shape index (κ2) is 8.15. The first-order valence-corrected chi connectivity index (χ1v) is 10.9. The average Bonchev–Trinajstić information content (AvgIpc) is 3.26. The van der Waals surface area contributed by atoms with E-state index in [1.807, 2.05) is 41.2 Å². The molecule has 4 heterocycles. The molecule has 2 aliphatic rings. The van der Waals surface area contributed by atoms with Gasteiger partial charge in [-0.15, -0.1) is 0 Å². The smallest absolute Gasteiger partial charge is 0.217 e. The van der Waals surface area contributed by atoms with Crippen molar-refractivity contribution in [2.75, 3.05) is 24.6 Å². The standard InChI is InChI=1S/C24H27N5O2/c1-18(30)25-15-19-7-8-22(26-16-19)28-12-10-24(11-13-28)23-20(9-14-31-24)17-29(27-23)21-5-3-2-4-6-21/h2-8,16-17H,9-15H2,1H3,(H,25,30). The number of rotatable bonds is 4. The molecule has 3 aromatic rings. The predicted molar refractivity (Wildman–Crippen MR) is 118 cm³/mol. The summed E-state index contributed by atoms with van der Waals surface area (Å²) in [6.07, 6.45) is 6.69. The highest BCUT2D eigenvalue weighted by Crippen LogP contribution is 2.41. The van der Waals surface area contributed by atoms with Gasteiger partial charge in [0, 0.05) is 39.0 Å². The molecular formula is C24H27N5O2. The summed E-state index contributed by atoms with van der Waals surface area (Å²) in [5, 5.41) is 7.77. The van der Waals surface area contributed by atoms with Crippen LogP contribution in [-0.4, -0.2) is 40.4 Å². The van der Waals surface area contributed by atoms with Gasteiger partial charge in [0.05, 0.1) is 18.0 Å². The van der Waals surface area contributed by atoms with Crippen molar-refractivity contribution in [1.29, 1.82) is 0 Å². The minimum atomic E-state index is -0.310. The third-order valence-corrected chi connectivity index (χ3v) is 6.24. The van der Waals surface area contributed by atoms with Crippen LogP contribution < -0.4 is 10.2 Å². The molecule has 1 N–H and O–H groups in total. The minimum absolute atomic E-state index is 0.0352. The zero-order valence-electron chi connectivity index (χ0n) is 17.8. The van der Waals surface area contributed by atoms with Gasteiger partial charge in [-0.2, -0.15) is 5.10 Å². The van der Waals surface area contributed by atoms with E-state index < -0.39 is 0 Å². The molecule has 7 heteroatoms. The number of amides is 1. The fraction of sp³-hybridized carbons (Fsp3) is 0.375. The first-order valence-electron chi connectivity index (χ1n) is 10.9. The summed E-state index contributed by atoms with van der Waals surface area (Å²) in [6.45, 7) is 4.51. The Bertz CT molecular complexity index is 1050. The summed E-state index contributed by atoms with van der Waals surface area (Å²) in [5.41, 5.74) is 4.16. The molecular weight excluding hydrogens is 390 g/mol. The molecule has 160 valence electrons. The van der Waals surface area contributed by atoms with Crippen molar-refractivity contribution < 1.29 is 9.53 Å². The molecule has 1 aromatic carbocycles. The maximum atomic E-state index is 11.1. The Morgan fingerprint density at radius 2 is 1.97 bits per heavy atom. The van der Waals surface area contributed by atoms with Crippen molar-refractivity contribution in [2.45, 2.75) is 38.3 Å². The van der Waals surface area contributed by atoms with Crippen LogP contribution in [-0.2, 0) is 28.1 Å². The number of ether oxygens (including phenoxy) is 1. The van der Waals surface area contributed by atoms with Gasteiger partial charge in [0.2, 0.25) is 5.91 Å². The lowest BCUT2D eigenvalue weighted by molar-refractivity contribution is -0.119. The molecule has 0 bridgehead atoms. The molecule has 0 radical (unpaired) electrons. The van der Waals surface area contributed by atoms with E-state index in [2.05, 4.69) is 33.5 Å². The topological polar surface area (TPSA) is 72.3 Å². The summed E-state index contributed by atoms with van der Waals surface area (Å²) >= 11 is 0. The molecule has 5 rings (SSSR count). The Morgan fingerprint density at radius 1 is 1.16 bits per heavy atom. The fourth-order valence-electron chi connectivity index (χ4n) is 4.53. The quantitative estimate of drug-likeness (QED) is 0.707. The van der Waals surface area contributed by atoms with Gasteiger partial charge in [-0.25, -0.2) is 9.67 Å². The van der Waals surface area contributed by atoms with Crippen molar-refractivity contribution in [3.8, 4) is 5.69 Å². The Labute approximate surface area is 182 Å². The van der Waals surface area contributed by atoms with Crippen LogP contribution in [0.25, 0.3) is 5.69 Å². The number of carbonyl (C=O) groups is 1. The molecule has 0 saturated carbocycles. The lowest BCUT2D eigenvalue weighted by Gasteiger charge is -2.43. The fourth-order valence-corrected chi connectivity index (χ4v) is 4.53. The van der Waals surface area contributed by atoms with Crippen LogP contribution in [0.4, 0.5) is 5.82 Å². The number of anilines is 1. The van der Waals surface area contributed by atoms with Gasteiger partial charge in [-0.3, -0.25) is 4.79 Å².